The molecule has 0 nitrogen and oxygen atoms in total. The van der Waals surface area contributed by atoms with Crippen molar-refractivity contribution in [3.63, 3.8) is 0 Å². The van der Waals surface area contributed by atoms with Crippen LogP contribution in [0.5, 0.6) is 0 Å². The molecule has 0 unspecified atom stereocenters. The number of hydrogen-bond acceptors (Lipinski definition) is 0. The molecule has 0 radical (unpaired) electrons. The third-order valence-electron chi connectivity index (χ3n) is 1.35. The maximum Gasteiger partial charge on any atom is 1.00 e. The van der Waals surface area contributed by atoms with E-state index in [1.807, 2.05) is 0 Å². The predicted molar refractivity (Wildman–Crippen MR) is 59.0 cm³/mol. The van der Waals surface area contributed by atoms with Crippen molar-refractivity contribution >= 4 is 0 Å². The van der Waals surface area contributed by atoms with Crippen LogP contribution in [0.25, 0.3) is 0 Å². The molecule has 2 heteroatoms. The maximum atomic E-state index is 3.78. The molecule has 0 saturated heterocycles. The number of hydrogen-bond donors (Lipinski definition) is 0. The Morgan fingerprint density at radius 1 is 0.857 bits per heavy atom. The van der Waals surface area contributed by atoms with E-state index in [0.29, 0.717) is 0 Å². The van der Waals surface area contributed by atoms with Crippen LogP contribution in [0.1, 0.15) is 66.2 Å². The summed E-state index contributed by atoms with van der Waals surface area (Å²) in [5.41, 5.74) is 0. The Morgan fingerprint density at radius 2 is 1.21 bits per heavy atom. The average molecular weight is 184 g/mol. The van der Waals surface area contributed by atoms with Gasteiger partial charge in [-0.25, -0.2) is 0 Å². The third-order valence-corrected chi connectivity index (χ3v) is 1.35. The van der Waals surface area contributed by atoms with Crippen LogP contribution in [-0.4, -0.2) is 0 Å². The molecule has 76 valence electrons. The second-order valence-corrected chi connectivity index (χ2v) is 3.77. The third kappa shape index (κ3) is 51.1. The predicted octanol–water partition coefficient (Wildman–Crippen LogP) is -1.19. The molecule has 0 N–H and O–H groups in total. The van der Waals surface area contributed by atoms with Crippen LogP contribution in [0.2, 0.25) is 0 Å². The van der Waals surface area contributed by atoms with Crippen LogP contribution in [-0.2, 0) is 0 Å². The Labute approximate surface area is 116 Å². The van der Waals surface area contributed by atoms with E-state index in [-0.39, 0.29) is 37.7 Å². The van der Waals surface area contributed by atoms with Crippen molar-refractivity contribution in [3.8, 4) is 0 Å². The Kier molecular flexibility index (Phi) is 41.5. The van der Waals surface area contributed by atoms with E-state index in [1.54, 1.807) is 0 Å². The second kappa shape index (κ2) is 23.8. The van der Waals surface area contributed by atoms with Gasteiger partial charge in [0.1, 0.15) is 0 Å². The van der Waals surface area contributed by atoms with Gasteiger partial charge in [-0.1, -0.05) is 39.0 Å². The largest absolute Gasteiger partial charge is 1.00 e. The molecule has 0 rings (SSSR count). The molecule has 0 aliphatic carbocycles. The molecule has 0 heterocycles. The van der Waals surface area contributed by atoms with Crippen LogP contribution in [0.15, 0.2) is 0 Å². The summed E-state index contributed by atoms with van der Waals surface area (Å²) in [6.45, 7) is 12.3. The van der Waals surface area contributed by atoms with E-state index in [1.165, 1.54) is 38.0 Å². The van der Waals surface area contributed by atoms with E-state index in [4.69, 9.17) is 0 Å². The van der Waals surface area contributed by atoms with E-state index >= 15 is 0 Å². The number of rotatable bonds is 5. The summed E-state index contributed by atoms with van der Waals surface area (Å²) in [5.74, 6) is 1.42. The second-order valence-electron chi connectivity index (χ2n) is 3.77. The van der Waals surface area contributed by atoms with Crippen molar-refractivity contribution in [3.05, 3.63) is 12.8 Å². The SMILES string of the molecule is C[C-](C)C.[CH2-]CCCCCCC.[Li+].[Li+]. The summed E-state index contributed by atoms with van der Waals surface area (Å²) in [7, 11) is 0. The molecule has 0 aromatic carbocycles. The van der Waals surface area contributed by atoms with Gasteiger partial charge >= 0.3 is 37.7 Å². The van der Waals surface area contributed by atoms with Gasteiger partial charge in [0.15, 0.2) is 0 Å². The molecule has 0 amide bonds. The Morgan fingerprint density at radius 3 is 1.50 bits per heavy atom. The molecule has 0 saturated carbocycles. The van der Waals surface area contributed by atoms with Crippen molar-refractivity contribution in [2.45, 2.75) is 66.2 Å². The summed E-state index contributed by atoms with van der Waals surface area (Å²) in [6.07, 6.45) is 7.98. The topological polar surface area (TPSA) is 0 Å². The van der Waals surface area contributed by atoms with Crippen LogP contribution in [0, 0.1) is 12.8 Å². The van der Waals surface area contributed by atoms with E-state index < -0.39 is 0 Å². The van der Waals surface area contributed by atoms with Gasteiger partial charge in [-0.15, -0.1) is 0 Å². The summed E-state index contributed by atoms with van der Waals surface area (Å²) in [5, 5.41) is 0. The molecule has 0 spiro atoms. The molecule has 0 bridgehead atoms. The smallest absolute Gasteiger partial charge is 0.343 e. The molecular weight excluding hydrogens is 158 g/mol. The zero-order valence-electron chi connectivity index (χ0n) is 11.4. The summed E-state index contributed by atoms with van der Waals surface area (Å²) >= 11 is 0. The van der Waals surface area contributed by atoms with Crippen LogP contribution >= 0.6 is 0 Å². The van der Waals surface area contributed by atoms with Crippen molar-refractivity contribution in [2.75, 3.05) is 0 Å². The van der Waals surface area contributed by atoms with Gasteiger partial charge in [0.2, 0.25) is 0 Å². The van der Waals surface area contributed by atoms with Gasteiger partial charge < -0.3 is 12.8 Å². The zero-order chi connectivity index (χ0) is 9.82. The minimum Gasteiger partial charge on any atom is -0.343 e. The molecule has 0 aliphatic heterocycles. The van der Waals surface area contributed by atoms with Gasteiger partial charge in [-0.3, -0.25) is 0 Å². The summed E-state index contributed by atoms with van der Waals surface area (Å²) in [6, 6.07) is 0. The van der Waals surface area contributed by atoms with E-state index in [0.717, 1.165) is 6.42 Å². The monoisotopic (exact) mass is 184 g/mol. The first-order valence-electron chi connectivity index (χ1n) is 5.21. The fraction of sp³-hybridized carbons (Fsp3) is 0.833. The van der Waals surface area contributed by atoms with Gasteiger partial charge in [-0.2, -0.15) is 27.2 Å². The van der Waals surface area contributed by atoms with Crippen LogP contribution in [0.3, 0.4) is 0 Å². The molecule has 0 aromatic heterocycles. The minimum atomic E-state index is 0. The molecule has 14 heavy (non-hydrogen) atoms. The van der Waals surface area contributed by atoms with Crippen LogP contribution < -0.4 is 37.7 Å². The van der Waals surface area contributed by atoms with Crippen molar-refractivity contribution in [2.24, 2.45) is 0 Å². The maximum absolute atomic E-state index is 3.78. The molecule has 0 aromatic rings. The van der Waals surface area contributed by atoms with Crippen LogP contribution in [0.4, 0.5) is 0 Å². The fourth-order valence-corrected chi connectivity index (χ4v) is 0.780. The Bertz CT molecular complexity index is 54.6. The van der Waals surface area contributed by atoms with Gasteiger partial charge in [0.05, 0.1) is 0 Å². The molecular formula is C12H26Li2. The Hall–Kier alpha value is 1.19. The van der Waals surface area contributed by atoms with Crippen molar-refractivity contribution in [1.82, 2.24) is 0 Å². The van der Waals surface area contributed by atoms with Gasteiger partial charge in [-0.05, 0) is 0 Å². The quantitative estimate of drug-likeness (QED) is 0.286. The van der Waals surface area contributed by atoms with Gasteiger partial charge in [0.25, 0.3) is 0 Å². The van der Waals surface area contributed by atoms with Gasteiger partial charge in [0, 0.05) is 0 Å². The average Bonchev–Trinajstić information content (AvgIpc) is 1.97. The van der Waals surface area contributed by atoms with E-state index in [9.17, 15) is 0 Å². The van der Waals surface area contributed by atoms with Crippen molar-refractivity contribution in [1.29, 1.82) is 0 Å². The molecule has 0 fully saturated rings. The van der Waals surface area contributed by atoms with Crippen molar-refractivity contribution < 1.29 is 37.7 Å². The molecule has 0 aliphatic rings. The van der Waals surface area contributed by atoms with E-state index in [2.05, 4.69) is 34.6 Å². The first kappa shape index (κ1) is 24.4. The molecule has 0 atom stereocenters. The summed E-state index contributed by atoms with van der Waals surface area (Å²) < 4.78 is 0. The number of unbranched alkanes of at least 4 members (excludes halogenated alkanes) is 5. The normalized spacial score (nSPS) is 8.14. The minimum absolute atomic E-state index is 0. The standard InChI is InChI=1S/C8H17.C4H9.2Li/c1-3-5-7-8-6-4-2;1-4(2)3;;/h1,3-8H2,2H3;1-3H3;;/q2*-1;2*+1. The zero-order valence-corrected chi connectivity index (χ0v) is 11.4. The first-order chi connectivity index (χ1) is 5.65. The fourth-order valence-electron chi connectivity index (χ4n) is 0.780. The Balaban J connectivity index is -0.0000000733. The summed E-state index contributed by atoms with van der Waals surface area (Å²) in [4.78, 5) is 0. The first-order valence-corrected chi connectivity index (χ1v) is 5.21.